The Hall–Kier alpha value is -3.08. The van der Waals surface area contributed by atoms with Gasteiger partial charge in [-0.2, -0.15) is 13.2 Å². The average Bonchev–Trinajstić information content (AvgIpc) is 2.67. The first-order chi connectivity index (χ1) is 13.0. The third-order valence-corrected chi connectivity index (χ3v) is 4.87. The fraction of sp³-hybridized carbons (Fsp3) is 0.136. The number of para-hydroxylation sites is 1. The average molecular weight is 367 g/mol. The molecule has 2 nitrogen and oxygen atoms in total. The van der Waals surface area contributed by atoms with Gasteiger partial charge in [0.25, 0.3) is 0 Å². The summed E-state index contributed by atoms with van der Waals surface area (Å²) in [5, 5.41) is 0. The lowest BCUT2D eigenvalue weighted by Crippen LogP contribution is -2.53. The van der Waals surface area contributed by atoms with Gasteiger partial charge in [0, 0.05) is 5.69 Å². The number of β-lactam (4-membered cyclic amide) rings is 1. The van der Waals surface area contributed by atoms with Gasteiger partial charge in [-0.3, -0.25) is 4.79 Å². The van der Waals surface area contributed by atoms with Gasteiger partial charge in [0.05, 0.1) is 17.5 Å². The number of amides is 1. The lowest BCUT2D eigenvalue weighted by molar-refractivity contribution is -0.137. The molecule has 0 aromatic heterocycles. The Bertz CT molecular complexity index is 937. The highest BCUT2D eigenvalue weighted by atomic mass is 19.4. The maximum Gasteiger partial charge on any atom is 0.416 e. The number of anilines is 1. The number of hydrogen-bond donors (Lipinski definition) is 0. The summed E-state index contributed by atoms with van der Waals surface area (Å²) in [6.45, 7) is 0. The van der Waals surface area contributed by atoms with Gasteiger partial charge in [0.1, 0.15) is 0 Å². The predicted molar refractivity (Wildman–Crippen MR) is 97.3 cm³/mol. The van der Waals surface area contributed by atoms with Crippen LogP contribution in [0.1, 0.15) is 28.7 Å². The number of carbonyl (C=O) groups excluding carboxylic acids is 1. The van der Waals surface area contributed by atoms with Gasteiger partial charge in [0.2, 0.25) is 5.91 Å². The van der Waals surface area contributed by atoms with Crippen LogP contribution in [0.25, 0.3) is 0 Å². The SMILES string of the molecule is O=C1[C@@H](c2ccc(C(F)(F)F)cc2)[C@@H](c2ccccc2)N1c1ccccc1. The third kappa shape index (κ3) is 3.10. The fourth-order valence-electron chi connectivity index (χ4n) is 3.56. The molecule has 1 saturated heterocycles. The van der Waals surface area contributed by atoms with E-state index in [0.717, 1.165) is 23.4 Å². The second-order valence-electron chi connectivity index (χ2n) is 6.50. The summed E-state index contributed by atoms with van der Waals surface area (Å²) < 4.78 is 38.5. The van der Waals surface area contributed by atoms with E-state index in [0.29, 0.717) is 5.56 Å². The molecular weight excluding hydrogens is 351 g/mol. The number of nitrogens with zero attached hydrogens (tertiary/aromatic N) is 1. The van der Waals surface area contributed by atoms with Crippen molar-refractivity contribution in [3.05, 3.63) is 102 Å². The lowest BCUT2D eigenvalue weighted by Gasteiger charge is -2.47. The molecule has 2 atom stereocenters. The molecule has 0 bridgehead atoms. The summed E-state index contributed by atoms with van der Waals surface area (Å²) in [5.74, 6) is -0.621. The van der Waals surface area contributed by atoms with Crippen LogP contribution in [0.4, 0.5) is 18.9 Å². The summed E-state index contributed by atoms with van der Waals surface area (Å²) in [6.07, 6.45) is -4.39. The summed E-state index contributed by atoms with van der Waals surface area (Å²) in [7, 11) is 0. The minimum atomic E-state index is -4.39. The Balaban J connectivity index is 1.73. The molecule has 1 heterocycles. The molecule has 136 valence electrons. The smallest absolute Gasteiger partial charge is 0.303 e. The maximum absolute atomic E-state index is 12.9. The number of benzene rings is 3. The topological polar surface area (TPSA) is 20.3 Å². The van der Waals surface area contributed by atoms with Crippen molar-refractivity contribution in [1.29, 1.82) is 0 Å². The second kappa shape index (κ2) is 6.58. The number of halogens is 3. The van der Waals surface area contributed by atoms with Crippen molar-refractivity contribution in [2.24, 2.45) is 0 Å². The first-order valence-corrected chi connectivity index (χ1v) is 8.57. The van der Waals surface area contributed by atoms with Crippen LogP contribution in [0.5, 0.6) is 0 Å². The van der Waals surface area contributed by atoms with Gasteiger partial charge in [-0.05, 0) is 35.4 Å². The van der Waals surface area contributed by atoms with Gasteiger partial charge in [-0.15, -0.1) is 0 Å². The van der Waals surface area contributed by atoms with E-state index in [1.807, 2.05) is 60.7 Å². The molecule has 27 heavy (non-hydrogen) atoms. The molecule has 3 aromatic carbocycles. The van der Waals surface area contributed by atoms with E-state index in [2.05, 4.69) is 0 Å². The number of hydrogen-bond acceptors (Lipinski definition) is 1. The Morgan fingerprint density at radius 1 is 0.704 bits per heavy atom. The molecule has 0 spiro atoms. The lowest BCUT2D eigenvalue weighted by atomic mass is 9.77. The molecule has 0 N–H and O–H groups in total. The van der Waals surface area contributed by atoms with Gasteiger partial charge in [0.15, 0.2) is 0 Å². The van der Waals surface area contributed by atoms with Crippen LogP contribution in [0.2, 0.25) is 0 Å². The summed E-state index contributed by atoms with van der Waals surface area (Å²) in [6, 6.07) is 23.5. The minimum Gasteiger partial charge on any atom is -0.303 e. The van der Waals surface area contributed by atoms with E-state index in [-0.39, 0.29) is 11.9 Å². The monoisotopic (exact) mass is 367 g/mol. The van der Waals surface area contributed by atoms with Crippen molar-refractivity contribution in [3.8, 4) is 0 Å². The third-order valence-electron chi connectivity index (χ3n) is 4.87. The zero-order valence-corrected chi connectivity index (χ0v) is 14.2. The summed E-state index contributed by atoms with van der Waals surface area (Å²) >= 11 is 0. The van der Waals surface area contributed by atoms with E-state index >= 15 is 0 Å². The number of rotatable bonds is 3. The van der Waals surface area contributed by atoms with Gasteiger partial charge < -0.3 is 4.90 Å². The Kier molecular flexibility index (Phi) is 4.22. The van der Waals surface area contributed by atoms with Crippen LogP contribution in [-0.4, -0.2) is 5.91 Å². The largest absolute Gasteiger partial charge is 0.416 e. The van der Waals surface area contributed by atoms with Crippen LogP contribution >= 0.6 is 0 Å². The van der Waals surface area contributed by atoms with Crippen LogP contribution in [0.3, 0.4) is 0 Å². The zero-order chi connectivity index (χ0) is 19.0. The molecule has 1 aliphatic heterocycles. The quantitative estimate of drug-likeness (QED) is 0.554. The second-order valence-corrected chi connectivity index (χ2v) is 6.50. The molecule has 0 unspecified atom stereocenters. The zero-order valence-electron chi connectivity index (χ0n) is 14.2. The molecule has 4 rings (SSSR count). The Morgan fingerprint density at radius 3 is 1.81 bits per heavy atom. The van der Waals surface area contributed by atoms with Crippen molar-refractivity contribution in [2.45, 2.75) is 18.1 Å². The van der Waals surface area contributed by atoms with Crippen LogP contribution in [0, 0.1) is 0 Å². The van der Waals surface area contributed by atoms with Gasteiger partial charge in [-0.25, -0.2) is 0 Å². The molecule has 0 saturated carbocycles. The summed E-state index contributed by atoms with van der Waals surface area (Å²) in [4.78, 5) is 14.6. The van der Waals surface area contributed by atoms with Crippen LogP contribution in [0.15, 0.2) is 84.9 Å². The molecule has 3 aromatic rings. The van der Waals surface area contributed by atoms with Gasteiger partial charge >= 0.3 is 6.18 Å². The fourth-order valence-corrected chi connectivity index (χ4v) is 3.56. The molecule has 1 aliphatic rings. The highest BCUT2D eigenvalue weighted by Crippen LogP contribution is 2.49. The number of carbonyl (C=O) groups is 1. The first kappa shape index (κ1) is 17.3. The van der Waals surface area contributed by atoms with Crippen LogP contribution in [-0.2, 0) is 11.0 Å². The van der Waals surface area contributed by atoms with E-state index in [1.54, 1.807) is 4.90 Å². The highest BCUT2D eigenvalue weighted by Gasteiger charge is 2.49. The molecule has 0 aliphatic carbocycles. The van der Waals surface area contributed by atoms with Crippen LogP contribution < -0.4 is 4.90 Å². The first-order valence-electron chi connectivity index (χ1n) is 8.57. The summed E-state index contributed by atoms with van der Waals surface area (Å²) in [5.41, 5.74) is 1.61. The Morgan fingerprint density at radius 2 is 1.26 bits per heavy atom. The number of alkyl halides is 3. The molecule has 0 radical (unpaired) electrons. The van der Waals surface area contributed by atoms with Crippen molar-refractivity contribution < 1.29 is 18.0 Å². The van der Waals surface area contributed by atoms with Crippen molar-refractivity contribution in [3.63, 3.8) is 0 Å². The molecule has 1 fully saturated rings. The van der Waals surface area contributed by atoms with Crippen molar-refractivity contribution in [1.82, 2.24) is 0 Å². The van der Waals surface area contributed by atoms with E-state index < -0.39 is 17.7 Å². The molecule has 5 heteroatoms. The molecule has 1 amide bonds. The van der Waals surface area contributed by atoms with Gasteiger partial charge in [-0.1, -0.05) is 60.7 Å². The van der Waals surface area contributed by atoms with E-state index in [4.69, 9.17) is 0 Å². The van der Waals surface area contributed by atoms with Crippen molar-refractivity contribution >= 4 is 11.6 Å². The molecular formula is C22H16F3NO. The van der Waals surface area contributed by atoms with E-state index in [9.17, 15) is 18.0 Å². The maximum atomic E-state index is 12.9. The highest BCUT2D eigenvalue weighted by molar-refractivity contribution is 6.06. The normalized spacial score (nSPS) is 19.7. The Labute approximate surface area is 154 Å². The standard InChI is InChI=1S/C22H16F3NO/c23-22(24,25)17-13-11-15(12-14-17)19-20(16-7-3-1-4-8-16)26(21(19)27)18-9-5-2-6-10-18/h1-14,19-20H/t19-,20+/m0/s1. The van der Waals surface area contributed by atoms with Crippen molar-refractivity contribution in [2.75, 3.05) is 4.90 Å². The van der Waals surface area contributed by atoms with E-state index in [1.165, 1.54) is 12.1 Å². The predicted octanol–water partition coefficient (Wildman–Crippen LogP) is 5.58. The minimum absolute atomic E-state index is 0.116.